The first-order chi connectivity index (χ1) is 8.19. The summed E-state index contributed by atoms with van der Waals surface area (Å²) in [5.74, 6) is 0.903. The van der Waals surface area contributed by atoms with Crippen LogP contribution in [-0.2, 0) is 6.54 Å². The zero-order valence-corrected chi connectivity index (χ0v) is 11.6. The Morgan fingerprint density at radius 3 is 2.76 bits per heavy atom. The Bertz CT molecular complexity index is 378. The highest BCUT2D eigenvalue weighted by Gasteiger charge is 2.24. The molecule has 4 heteroatoms. The van der Waals surface area contributed by atoms with Gasteiger partial charge in [-0.05, 0) is 37.8 Å². The van der Waals surface area contributed by atoms with Crippen LogP contribution in [0.25, 0.3) is 0 Å². The number of hydrogen-bond donors (Lipinski definition) is 0. The van der Waals surface area contributed by atoms with Crippen molar-refractivity contribution in [2.75, 3.05) is 13.1 Å². The second-order valence-electron chi connectivity index (χ2n) is 4.78. The fraction of sp³-hybridized carbons (Fsp3) is 0.615. The number of halogens is 2. The van der Waals surface area contributed by atoms with Crippen molar-refractivity contribution in [1.29, 1.82) is 0 Å². The average Bonchev–Trinajstić information content (AvgIpc) is 3.06. The molecule has 0 N–H and O–H groups in total. The lowest BCUT2D eigenvalue weighted by Gasteiger charge is -2.21. The Morgan fingerprint density at radius 1 is 1.41 bits per heavy atom. The third-order valence-corrected chi connectivity index (χ3v) is 3.60. The van der Waals surface area contributed by atoms with Gasteiger partial charge in [-0.15, -0.1) is 0 Å². The van der Waals surface area contributed by atoms with E-state index in [9.17, 15) is 0 Å². The summed E-state index contributed by atoms with van der Waals surface area (Å²) in [6.07, 6.45) is 5.73. The SMILES string of the molecule is CCCN(Cc1cnc(Cl)cc1Cl)CC1CC1. The van der Waals surface area contributed by atoms with Gasteiger partial charge in [0.2, 0.25) is 0 Å². The first kappa shape index (κ1) is 13.1. The van der Waals surface area contributed by atoms with Gasteiger partial charge in [0.25, 0.3) is 0 Å². The van der Waals surface area contributed by atoms with Crippen molar-refractivity contribution in [1.82, 2.24) is 9.88 Å². The van der Waals surface area contributed by atoms with E-state index in [1.807, 2.05) is 0 Å². The van der Waals surface area contributed by atoms with Gasteiger partial charge < -0.3 is 0 Å². The van der Waals surface area contributed by atoms with Gasteiger partial charge in [0.15, 0.2) is 0 Å². The molecule has 1 aliphatic rings. The molecule has 94 valence electrons. The topological polar surface area (TPSA) is 16.1 Å². The van der Waals surface area contributed by atoms with E-state index >= 15 is 0 Å². The third-order valence-electron chi connectivity index (χ3n) is 3.04. The van der Waals surface area contributed by atoms with E-state index in [0.29, 0.717) is 5.15 Å². The Balaban J connectivity index is 1.99. The first-order valence-corrected chi connectivity index (χ1v) is 6.97. The maximum Gasteiger partial charge on any atom is 0.130 e. The second-order valence-corrected chi connectivity index (χ2v) is 5.57. The van der Waals surface area contributed by atoms with Crippen molar-refractivity contribution < 1.29 is 0 Å². The molecule has 0 bridgehead atoms. The maximum absolute atomic E-state index is 6.17. The number of rotatable bonds is 6. The van der Waals surface area contributed by atoms with Crippen LogP contribution >= 0.6 is 23.2 Å². The molecular formula is C13H18Cl2N2. The Labute approximate surface area is 113 Å². The third kappa shape index (κ3) is 4.13. The van der Waals surface area contributed by atoms with Crippen LogP contribution in [0.15, 0.2) is 12.3 Å². The number of pyridine rings is 1. The Kier molecular flexibility index (Phi) is 4.66. The monoisotopic (exact) mass is 272 g/mol. The van der Waals surface area contributed by atoms with Gasteiger partial charge in [-0.3, -0.25) is 4.90 Å². The number of nitrogens with zero attached hydrogens (tertiary/aromatic N) is 2. The van der Waals surface area contributed by atoms with Gasteiger partial charge in [0.05, 0.1) is 0 Å². The van der Waals surface area contributed by atoms with Crippen LogP contribution in [0.5, 0.6) is 0 Å². The van der Waals surface area contributed by atoms with E-state index < -0.39 is 0 Å². The van der Waals surface area contributed by atoms with Gasteiger partial charge in [-0.1, -0.05) is 30.1 Å². The van der Waals surface area contributed by atoms with Gasteiger partial charge >= 0.3 is 0 Å². The molecule has 1 aromatic heterocycles. The average molecular weight is 273 g/mol. The quantitative estimate of drug-likeness (QED) is 0.728. The molecule has 0 amide bonds. The predicted molar refractivity (Wildman–Crippen MR) is 72.5 cm³/mol. The van der Waals surface area contributed by atoms with Crippen LogP contribution in [0.2, 0.25) is 10.2 Å². The minimum absolute atomic E-state index is 0.461. The summed E-state index contributed by atoms with van der Waals surface area (Å²) in [5.41, 5.74) is 1.07. The Hall–Kier alpha value is -0.310. The molecule has 0 aliphatic heterocycles. The molecule has 0 radical (unpaired) electrons. The van der Waals surface area contributed by atoms with E-state index in [-0.39, 0.29) is 0 Å². The van der Waals surface area contributed by atoms with Crippen molar-refractivity contribution >= 4 is 23.2 Å². The van der Waals surface area contributed by atoms with E-state index in [2.05, 4.69) is 16.8 Å². The summed E-state index contributed by atoms with van der Waals surface area (Å²) in [5, 5.41) is 1.19. The zero-order valence-electron chi connectivity index (χ0n) is 10.1. The van der Waals surface area contributed by atoms with E-state index in [1.165, 1.54) is 25.8 Å². The summed E-state index contributed by atoms with van der Waals surface area (Å²) in [7, 11) is 0. The molecule has 1 heterocycles. The van der Waals surface area contributed by atoms with Crippen LogP contribution in [0.4, 0.5) is 0 Å². The summed E-state index contributed by atoms with van der Waals surface area (Å²) >= 11 is 12.0. The predicted octanol–water partition coefficient (Wildman–Crippen LogP) is 4.01. The van der Waals surface area contributed by atoms with Crippen LogP contribution in [0.1, 0.15) is 31.7 Å². The standard InChI is InChI=1S/C13H18Cl2N2/c1-2-5-17(8-10-3-4-10)9-11-7-16-13(15)6-12(11)14/h6-7,10H,2-5,8-9H2,1H3. The minimum Gasteiger partial charge on any atom is -0.299 e. The van der Waals surface area contributed by atoms with Gasteiger partial charge in [0, 0.05) is 29.9 Å². The van der Waals surface area contributed by atoms with Crippen molar-refractivity contribution in [3.05, 3.63) is 28.0 Å². The lowest BCUT2D eigenvalue weighted by molar-refractivity contribution is 0.255. The number of hydrogen-bond acceptors (Lipinski definition) is 2. The highest BCUT2D eigenvalue weighted by Crippen LogP contribution is 2.30. The highest BCUT2D eigenvalue weighted by atomic mass is 35.5. The van der Waals surface area contributed by atoms with E-state index in [0.717, 1.165) is 29.6 Å². The normalized spacial score (nSPS) is 15.5. The first-order valence-electron chi connectivity index (χ1n) is 6.21. The van der Waals surface area contributed by atoms with Crippen molar-refractivity contribution in [2.24, 2.45) is 5.92 Å². The lowest BCUT2D eigenvalue weighted by atomic mass is 10.2. The van der Waals surface area contributed by atoms with Crippen LogP contribution in [-0.4, -0.2) is 23.0 Å². The molecule has 0 saturated heterocycles. The molecule has 0 unspecified atom stereocenters. The fourth-order valence-electron chi connectivity index (χ4n) is 2.01. The summed E-state index contributed by atoms with van der Waals surface area (Å²) in [6.45, 7) is 5.40. The maximum atomic E-state index is 6.17. The largest absolute Gasteiger partial charge is 0.299 e. The summed E-state index contributed by atoms with van der Waals surface area (Å²) in [6, 6.07) is 1.72. The molecular weight excluding hydrogens is 255 g/mol. The van der Waals surface area contributed by atoms with Crippen LogP contribution in [0, 0.1) is 5.92 Å². The molecule has 0 atom stereocenters. The highest BCUT2D eigenvalue weighted by molar-refractivity contribution is 6.34. The molecule has 1 aliphatic carbocycles. The van der Waals surface area contributed by atoms with Crippen molar-refractivity contribution in [2.45, 2.75) is 32.7 Å². The zero-order chi connectivity index (χ0) is 12.3. The smallest absolute Gasteiger partial charge is 0.130 e. The molecule has 17 heavy (non-hydrogen) atoms. The molecule has 1 aromatic rings. The van der Waals surface area contributed by atoms with Gasteiger partial charge in [-0.25, -0.2) is 4.98 Å². The summed E-state index contributed by atoms with van der Waals surface area (Å²) in [4.78, 5) is 6.57. The lowest BCUT2D eigenvalue weighted by Crippen LogP contribution is -2.26. The minimum atomic E-state index is 0.461. The van der Waals surface area contributed by atoms with Crippen LogP contribution < -0.4 is 0 Å². The molecule has 0 spiro atoms. The molecule has 1 saturated carbocycles. The summed E-state index contributed by atoms with van der Waals surface area (Å²) < 4.78 is 0. The van der Waals surface area contributed by atoms with Crippen molar-refractivity contribution in [3.63, 3.8) is 0 Å². The molecule has 0 aromatic carbocycles. The van der Waals surface area contributed by atoms with Gasteiger partial charge in [0.1, 0.15) is 5.15 Å². The second kappa shape index (κ2) is 6.03. The van der Waals surface area contributed by atoms with Crippen LogP contribution in [0.3, 0.4) is 0 Å². The molecule has 2 rings (SSSR count). The van der Waals surface area contributed by atoms with Gasteiger partial charge in [-0.2, -0.15) is 0 Å². The van der Waals surface area contributed by atoms with E-state index in [1.54, 1.807) is 12.3 Å². The Morgan fingerprint density at radius 2 is 2.18 bits per heavy atom. The molecule has 2 nitrogen and oxygen atoms in total. The van der Waals surface area contributed by atoms with E-state index in [4.69, 9.17) is 23.2 Å². The molecule has 1 fully saturated rings. The fourth-order valence-corrected chi connectivity index (χ4v) is 2.44. The number of aromatic nitrogens is 1. The van der Waals surface area contributed by atoms with Crippen molar-refractivity contribution in [3.8, 4) is 0 Å².